The summed E-state index contributed by atoms with van der Waals surface area (Å²) in [7, 11) is 1.87. The molecule has 1 saturated heterocycles. The van der Waals surface area contributed by atoms with Gasteiger partial charge in [-0.25, -0.2) is 4.79 Å². The molecule has 4 rings (SSSR count). The van der Waals surface area contributed by atoms with Crippen molar-refractivity contribution in [3.8, 4) is 5.75 Å². The monoisotopic (exact) mass is 381 g/mol. The number of likely N-dealkylation sites (N-methyl/N-ethyl adjacent to an activating group) is 1. The van der Waals surface area contributed by atoms with Gasteiger partial charge in [0.05, 0.1) is 12.6 Å². The molecule has 2 aliphatic rings. The van der Waals surface area contributed by atoms with Crippen LogP contribution in [0.3, 0.4) is 0 Å². The van der Waals surface area contributed by atoms with Gasteiger partial charge in [-0.05, 0) is 43.5 Å². The molecule has 0 saturated carbocycles. The zero-order chi connectivity index (χ0) is 19.5. The SMILES string of the molecule is Cc1ccc2c(c1)CC(CNC(=O)N(C)[C@@H]1CCCN(c3cccnn3)C1)O2. The number of aryl methyl sites for hydroxylation is 1. The minimum atomic E-state index is -0.0540. The molecule has 2 atom stereocenters. The molecular formula is C21H27N5O2. The Bertz CT molecular complexity index is 829. The number of fused-ring (bicyclic) bond motifs is 1. The molecule has 3 heterocycles. The van der Waals surface area contributed by atoms with E-state index in [4.69, 9.17) is 4.74 Å². The van der Waals surface area contributed by atoms with Gasteiger partial charge in [-0.1, -0.05) is 17.7 Å². The maximum Gasteiger partial charge on any atom is 0.317 e. The van der Waals surface area contributed by atoms with Crippen LogP contribution in [-0.2, 0) is 6.42 Å². The summed E-state index contributed by atoms with van der Waals surface area (Å²) in [6, 6.07) is 10.2. The fourth-order valence-corrected chi connectivity index (χ4v) is 4.00. The van der Waals surface area contributed by atoms with Crippen LogP contribution in [0, 0.1) is 6.92 Å². The Morgan fingerprint density at radius 2 is 2.29 bits per heavy atom. The summed E-state index contributed by atoms with van der Waals surface area (Å²) in [5.41, 5.74) is 2.45. The Morgan fingerprint density at radius 1 is 1.39 bits per heavy atom. The summed E-state index contributed by atoms with van der Waals surface area (Å²) in [5.74, 6) is 1.80. The lowest BCUT2D eigenvalue weighted by molar-refractivity contribution is 0.172. The molecule has 7 nitrogen and oxygen atoms in total. The van der Waals surface area contributed by atoms with Gasteiger partial charge < -0.3 is 19.9 Å². The van der Waals surface area contributed by atoms with E-state index in [0.29, 0.717) is 6.54 Å². The number of ether oxygens (including phenoxy) is 1. The van der Waals surface area contributed by atoms with Gasteiger partial charge in [0.25, 0.3) is 0 Å². The number of rotatable bonds is 4. The van der Waals surface area contributed by atoms with E-state index < -0.39 is 0 Å². The van der Waals surface area contributed by atoms with Gasteiger partial charge >= 0.3 is 6.03 Å². The number of benzene rings is 1. The Balaban J connectivity index is 1.29. The number of nitrogens with zero attached hydrogens (tertiary/aromatic N) is 4. The van der Waals surface area contributed by atoms with Crippen molar-refractivity contribution in [3.63, 3.8) is 0 Å². The maximum atomic E-state index is 12.7. The van der Waals surface area contributed by atoms with Gasteiger partial charge in [-0.15, -0.1) is 5.10 Å². The average Bonchev–Trinajstić information content (AvgIpc) is 3.14. The number of aromatic nitrogens is 2. The molecule has 0 bridgehead atoms. The van der Waals surface area contributed by atoms with Gasteiger partial charge in [0.2, 0.25) is 0 Å². The summed E-state index contributed by atoms with van der Waals surface area (Å²) in [6.45, 7) is 4.31. The van der Waals surface area contributed by atoms with E-state index in [1.165, 1.54) is 11.1 Å². The van der Waals surface area contributed by atoms with Crippen molar-refractivity contribution in [1.82, 2.24) is 20.4 Å². The largest absolute Gasteiger partial charge is 0.488 e. The third-order valence-electron chi connectivity index (χ3n) is 5.58. The van der Waals surface area contributed by atoms with Crippen molar-refractivity contribution >= 4 is 11.8 Å². The minimum absolute atomic E-state index is 0.00315. The van der Waals surface area contributed by atoms with E-state index in [1.807, 2.05) is 30.1 Å². The Hall–Kier alpha value is -2.83. The molecule has 148 valence electrons. The fourth-order valence-electron chi connectivity index (χ4n) is 4.00. The molecule has 1 aromatic heterocycles. The van der Waals surface area contributed by atoms with Crippen LogP contribution in [0.5, 0.6) is 5.75 Å². The van der Waals surface area contributed by atoms with Gasteiger partial charge in [0.15, 0.2) is 5.82 Å². The normalized spacial score (nSPS) is 21.0. The lowest BCUT2D eigenvalue weighted by Gasteiger charge is -2.38. The summed E-state index contributed by atoms with van der Waals surface area (Å²) in [5, 5.41) is 11.2. The van der Waals surface area contributed by atoms with Gasteiger partial charge in [0, 0.05) is 32.8 Å². The second kappa shape index (κ2) is 8.04. The number of nitrogens with one attached hydrogen (secondary N) is 1. The average molecular weight is 381 g/mol. The van der Waals surface area contributed by atoms with Crippen LogP contribution in [0.25, 0.3) is 0 Å². The van der Waals surface area contributed by atoms with Crippen LogP contribution in [0.1, 0.15) is 24.0 Å². The van der Waals surface area contributed by atoms with Crippen LogP contribution >= 0.6 is 0 Å². The van der Waals surface area contributed by atoms with Crippen molar-refractivity contribution in [2.75, 3.05) is 31.6 Å². The summed E-state index contributed by atoms with van der Waals surface area (Å²) >= 11 is 0. The van der Waals surface area contributed by atoms with E-state index in [-0.39, 0.29) is 18.2 Å². The van der Waals surface area contributed by atoms with Crippen molar-refractivity contribution in [3.05, 3.63) is 47.7 Å². The number of anilines is 1. The van der Waals surface area contributed by atoms with Crippen LogP contribution in [0.15, 0.2) is 36.5 Å². The topological polar surface area (TPSA) is 70.6 Å². The van der Waals surface area contributed by atoms with E-state index in [0.717, 1.165) is 43.9 Å². The molecule has 2 aromatic rings. The molecule has 1 N–H and O–H groups in total. The Kier molecular flexibility index (Phi) is 5.32. The first-order chi connectivity index (χ1) is 13.6. The lowest BCUT2D eigenvalue weighted by Crippen LogP contribution is -2.52. The van der Waals surface area contributed by atoms with E-state index in [1.54, 1.807) is 6.20 Å². The minimum Gasteiger partial charge on any atom is -0.488 e. The summed E-state index contributed by atoms with van der Waals surface area (Å²) < 4.78 is 5.96. The van der Waals surface area contributed by atoms with Crippen LogP contribution < -0.4 is 15.0 Å². The van der Waals surface area contributed by atoms with Crippen molar-refractivity contribution in [2.45, 2.75) is 38.3 Å². The predicted molar refractivity (Wildman–Crippen MR) is 108 cm³/mol. The molecule has 7 heteroatoms. The highest BCUT2D eigenvalue weighted by atomic mass is 16.5. The lowest BCUT2D eigenvalue weighted by atomic mass is 10.0. The number of amides is 2. The number of hydrogen-bond acceptors (Lipinski definition) is 5. The quantitative estimate of drug-likeness (QED) is 0.881. The van der Waals surface area contributed by atoms with Crippen molar-refractivity contribution in [1.29, 1.82) is 0 Å². The van der Waals surface area contributed by atoms with Crippen molar-refractivity contribution in [2.24, 2.45) is 0 Å². The van der Waals surface area contributed by atoms with Gasteiger partial charge in [-0.2, -0.15) is 5.10 Å². The molecule has 0 spiro atoms. The van der Waals surface area contributed by atoms with Gasteiger partial charge in [-0.3, -0.25) is 0 Å². The number of piperidine rings is 1. The predicted octanol–water partition coefficient (Wildman–Crippen LogP) is 2.40. The molecule has 28 heavy (non-hydrogen) atoms. The zero-order valence-electron chi connectivity index (χ0n) is 16.5. The first-order valence-corrected chi connectivity index (χ1v) is 9.89. The van der Waals surface area contributed by atoms with E-state index in [2.05, 4.69) is 39.5 Å². The molecule has 1 fully saturated rings. The molecule has 2 amide bonds. The zero-order valence-corrected chi connectivity index (χ0v) is 16.5. The number of carbonyl (C=O) groups excluding carboxylic acids is 1. The molecule has 2 aliphatic heterocycles. The number of carbonyl (C=O) groups is 1. The van der Waals surface area contributed by atoms with E-state index in [9.17, 15) is 4.79 Å². The summed E-state index contributed by atoms with van der Waals surface area (Å²) in [6.07, 6.45) is 4.53. The second-order valence-corrected chi connectivity index (χ2v) is 7.68. The highest BCUT2D eigenvalue weighted by Gasteiger charge is 2.28. The highest BCUT2D eigenvalue weighted by molar-refractivity contribution is 5.74. The molecule has 1 unspecified atom stereocenters. The molecule has 0 aliphatic carbocycles. The third kappa shape index (κ3) is 4.03. The number of hydrogen-bond donors (Lipinski definition) is 1. The Labute approximate surface area is 165 Å². The van der Waals surface area contributed by atoms with Crippen LogP contribution in [0.4, 0.5) is 10.6 Å². The van der Waals surface area contributed by atoms with Gasteiger partial charge in [0.1, 0.15) is 11.9 Å². The Morgan fingerprint density at radius 3 is 3.11 bits per heavy atom. The summed E-state index contributed by atoms with van der Waals surface area (Å²) in [4.78, 5) is 16.7. The molecular weight excluding hydrogens is 354 g/mol. The highest BCUT2D eigenvalue weighted by Crippen LogP contribution is 2.29. The third-order valence-corrected chi connectivity index (χ3v) is 5.58. The van der Waals surface area contributed by atoms with Crippen LogP contribution in [0.2, 0.25) is 0 Å². The first kappa shape index (κ1) is 18.5. The second-order valence-electron chi connectivity index (χ2n) is 7.68. The smallest absolute Gasteiger partial charge is 0.317 e. The molecule has 1 aromatic carbocycles. The first-order valence-electron chi connectivity index (χ1n) is 9.89. The van der Waals surface area contributed by atoms with Crippen molar-refractivity contribution < 1.29 is 9.53 Å². The van der Waals surface area contributed by atoms with Crippen LogP contribution in [-0.4, -0.2) is 60.0 Å². The molecule has 0 radical (unpaired) electrons. The fraction of sp³-hybridized carbons (Fsp3) is 0.476. The van der Waals surface area contributed by atoms with E-state index >= 15 is 0 Å². The maximum absolute atomic E-state index is 12.7. The standard InChI is InChI=1S/C21H27N5O2/c1-15-7-8-19-16(11-15)12-18(28-19)13-22-21(27)25(2)17-5-4-10-26(14-17)20-6-3-9-23-24-20/h3,6-9,11,17-18H,4-5,10,12-14H2,1-2H3,(H,22,27)/t17-,18?/m1/s1. The number of urea groups is 1.